The van der Waals surface area contributed by atoms with Crippen LogP contribution in [0.15, 0.2) is 0 Å². The summed E-state index contributed by atoms with van der Waals surface area (Å²) >= 11 is 4.96. The van der Waals surface area contributed by atoms with Crippen LogP contribution in [0.4, 0.5) is 4.79 Å². The van der Waals surface area contributed by atoms with Crippen molar-refractivity contribution in [1.29, 1.82) is 0 Å². The second-order valence-corrected chi connectivity index (χ2v) is 13.9. The molecule has 6 nitrogen and oxygen atoms in total. The van der Waals surface area contributed by atoms with Gasteiger partial charge in [0, 0.05) is 18.0 Å². The van der Waals surface area contributed by atoms with Crippen LogP contribution in [-0.4, -0.2) is 48.2 Å². The lowest BCUT2D eigenvalue weighted by molar-refractivity contribution is -0.151. The van der Waals surface area contributed by atoms with Crippen molar-refractivity contribution >= 4 is 37.3 Å². The maximum Gasteiger partial charge on any atom is 0.406 e. The second-order valence-electron chi connectivity index (χ2n) is 5.56. The van der Waals surface area contributed by atoms with Gasteiger partial charge in [-0.3, -0.25) is 4.79 Å². The van der Waals surface area contributed by atoms with Gasteiger partial charge in [0.2, 0.25) is 6.79 Å². The zero-order valence-corrected chi connectivity index (χ0v) is 17.5. The third-order valence-electron chi connectivity index (χ3n) is 4.46. The van der Waals surface area contributed by atoms with E-state index in [2.05, 4.69) is 4.74 Å². The molecular weight excluding hydrogens is 374 g/mol. The van der Waals surface area contributed by atoms with Crippen molar-refractivity contribution in [1.82, 2.24) is 0 Å². The Bertz CT molecular complexity index is 466. The first-order valence-corrected chi connectivity index (χ1v) is 13.0. The molecule has 0 amide bonds. The maximum atomic E-state index is 13.2. The topological polar surface area (TPSA) is 86.7 Å². The summed E-state index contributed by atoms with van der Waals surface area (Å²) < 4.78 is 35.4. The number of rotatable bonds is 12. The molecule has 0 saturated carbocycles. The molecule has 0 spiro atoms. The van der Waals surface area contributed by atoms with E-state index in [-0.39, 0.29) is 11.8 Å². The number of ether oxygens (including phenoxy) is 2. The highest BCUT2D eigenvalue weighted by molar-refractivity contribution is 7.81. The summed E-state index contributed by atoms with van der Waals surface area (Å²) in [6.45, 7) is 6.99. The average Bonchev–Trinajstić information content (AvgIpc) is 2.57. The van der Waals surface area contributed by atoms with E-state index in [1.807, 2.05) is 27.7 Å². The van der Waals surface area contributed by atoms with Crippen LogP contribution in [-0.2, 0) is 23.4 Å². The number of carbonyl (C=O) groups excluding carboxylic acids is 2. The summed E-state index contributed by atoms with van der Waals surface area (Å²) in [7, 11) is -5.08. The minimum absolute atomic E-state index is 0.0944. The number of carbonyl (C=O) groups is 2. The molecule has 0 aliphatic carbocycles. The van der Waals surface area contributed by atoms with Crippen LogP contribution in [0.3, 0.4) is 0 Å². The Hall–Kier alpha value is -0.310. The molecule has 0 bridgehead atoms. The molecule has 24 heavy (non-hydrogen) atoms. The average molecular weight is 403 g/mol. The first-order chi connectivity index (χ1) is 11.2. The molecule has 0 fully saturated rings. The van der Waals surface area contributed by atoms with Gasteiger partial charge in [-0.1, -0.05) is 27.7 Å². The van der Waals surface area contributed by atoms with Crippen molar-refractivity contribution in [2.45, 2.75) is 52.4 Å². The third kappa shape index (κ3) is 7.29. The minimum Gasteiger partial charge on any atom is -0.428 e. The van der Waals surface area contributed by atoms with Gasteiger partial charge in [0.25, 0.3) is 0 Å². The van der Waals surface area contributed by atoms with Crippen molar-refractivity contribution in [3.05, 3.63) is 0 Å². The van der Waals surface area contributed by atoms with Gasteiger partial charge in [-0.2, -0.15) is 0 Å². The molecule has 142 valence electrons. The van der Waals surface area contributed by atoms with Gasteiger partial charge < -0.3 is 18.6 Å². The van der Waals surface area contributed by atoms with Gasteiger partial charge in [-0.05, 0) is 37.5 Å². The Morgan fingerprint density at radius 3 is 1.75 bits per heavy atom. The van der Waals surface area contributed by atoms with Crippen molar-refractivity contribution in [3.8, 4) is 0 Å². The SMILES string of the molecule is CCP(=O)(CC)C(CCCC(=O)OCOC(=O)Cl)P(=O)(CC)CC. The van der Waals surface area contributed by atoms with Gasteiger partial charge in [-0.15, -0.1) is 0 Å². The Labute approximate surface area is 149 Å². The fourth-order valence-corrected chi connectivity index (χ4v) is 11.7. The lowest BCUT2D eigenvalue weighted by Gasteiger charge is -2.32. The smallest absolute Gasteiger partial charge is 0.406 e. The summed E-state index contributed by atoms with van der Waals surface area (Å²) in [5, 5.41) is -0.330. The Morgan fingerprint density at radius 2 is 1.38 bits per heavy atom. The maximum absolute atomic E-state index is 13.2. The van der Waals surface area contributed by atoms with Gasteiger partial charge in [0.05, 0.1) is 19.7 Å². The fraction of sp³-hybridized carbons (Fsp3) is 0.867. The Balaban J connectivity index is 4.81. The highest BCUT2D eigenvalue weighted by Crippen LogP contribution is 2.69. The zero-order valence-electron chi connectivity index (χ0n) is 15.0. The van der Waals surface area contributed by atoms with Gasteiger partial charge >= 0.3 is 11.4 Å². The Morgan fingerprint density at radius 1 is 0.917 bits per heavy atom. The molecule has 0 aliphatic rings. The summed E-state index contributed by atoms with van der Waals surface area (Å²) in [4.78, 5) is 22.0. The highest BCUT2D eigenvalue weighted by atomic mass is 35.5. The number of esters is 1. The van der Waals surface area contributed by atoms with Crippen LogP contribution in [0.2, 0.25) is 0 Å². The monoisotopic (exact) mass is 402 g/mol. The molecule has 0 aliphatic heterocycles. The molecule has 0 N–H and O–H groups in total. The molecule has 0 aromatic rings. The van der Waals surface area contributed by atoms with Crippen molar-refractivity contribution < 1.29 is 28.2 Å². The Kier molecular flexibility index (Phi) is 11.2. The highest BCUT2D eigenvalue weighted by Gasteiger charge is 2.41. The minimum atomic E-state index is -2.54. The molecule has 0 atom stereocenters. The van der Waals surface area contributed by atoms with Crippen LogP contribution < -0.4 is 0 Å². The molecule has 0 rings (SSSR count). The standard InChI is InChI=1S/C15H29ClO6P2/c1-5-23(19,6-2)14(24(20,7-3)8-4)11-9-10-13(17)21-12-22-15(16)18/h14H,5-12H2,1-4H3. The van der Waals surface area contributed by atoms with Gasteiger partial charge in [0.1, 0.15) is 0 Å². The van der Waals surface area contributed by atoms with Crippen LogP contribution in [0.25, 0.3) is 0 Å². The summed E-state index contributed by atoms with van der Waals surface area (Å²) in [6.07, 6.45) is 3.09. The number of hydrogen-bond donors (Lipinski definition) is 0. The lowest BCUT2D eigenvalue weighted by Crippen LogP contribution is -2.17. The van der Waals surface area contributed by atoms with Crippen molar-refractivity contribution in [2.75, 3.05) is 31.4 Å². The summed E-state index contributed by atoms with van der Waals surface area (Å²) in [6, 6.07) is 0. The molecule has 0 heterocycles. The fourth-order valence-electron chi connectivity index (χ4n) is 2.79. The van der Waals surface area contributed by atoms with Crippen molar-refractivity contribution in [2.24, 2.45) is 0 Å². The quantitative estimate of drug-likeness (QED) is 0.194. The van der Waals surface area contributed by atoms with E-state index in [0.717, 1.165) is 0 Å². The predicted octanol–water partition coefficient (Wildman–Crippen LogP) is 5.16. The van der Waals surface area contributed by atoms with E-state index >= 15 is 0 Å². The number of hydrogen-bond acceptors (Lipinski definition) is 6. The van der Waals surface area contributed by atoms with Crippen LogP contribution >= 0.6 is 25.9 Å². The predicted molar refractivity (Wildman–Crippen MR) is 98.3 cm³/mol. The molecule has 0 aromatic heterocycles. The van der Waals surface area contributed by atoms with Crippen molar-refractivity contribution in [3.63, 3.8) is 0 Å². The second kappa shape index (κ2) is 11.3. The largest absolute Gasteiger partial charge is 0.428 e. The lowest BCUT2D eigenvalue weighted by atomic mass is 10.2. The zero-order chi connectivity index (χ0) is 18.8. The molecule has 0 aromatic carbocycles. The summed E-state index contributed by atoms with van der Waals surface area (Å²) in [5.74, 6) is -0.530. The van der Waals surface area contributed by atoms with Gasteiger partial charge in [0.15, 0.2) is 0 Å². The molecule has 9 heteroatoms. The number of halogens is 1. The van der Waals surface area contributed by atoms with Crippen LogP contribution in [0.5, 0.6) is 0 Å². The van der Waals surface area contributed by atoms with E-state index in [1.54, 1.807) is 0 Å². The third-order valence-corrected chi connectivity index (χ3v) is 14.1. The molecule has 0 saturated heterocycles. The van der Waals surface area contributed by atoms with Crippen LogP contribution in [0, 0.1) is 0 Å². The molecule has 0 unspecified atom stereocenters. The van der Waals surface area contributed by atoms with E-state index < -0.39 is 32.5 Å². The molecular formula is C15H29ClO6P2. The van der Waals surface area contributed by atoms with E-state index in [4.69, 9.17) is 16.3 Å². The van der Waals surface area contributed by atoms with E-state index in [0.29, 0.717) is 37.5 Å². The van der Waals surface area contributed by atoms with Crippen LogP contribution in [0.1, 0.15) is 47.0 Å². The summed E-state index contributed by atoms with van der Waals surface area (Å²) in [5.41, 5.74) is -1.04. The molecule has 0 radical (unpaired) electrons. The first kappa shape index (κ1) is 23.7. The normalized spacial score (nSPS) is 12.2. The van der Waals surface area contributed by atoms with Gasteiger partial charge in [-0.25, -0.2) is 4.79 Å². The van der Waals surface area contributed by atoms with E-state index in [1.165, 1.54) is 0 Å². The van der Waals surface area contributed by atoms with E-state index in [9.17, 15) is 18.7 Å². The first-order valence-electron chi connectivity index (χ1n) is 8.32.